The molecule has 3 rings (SSSR count). The van der Waals surface area contributed by atoms with Crippen molar-refractivity contribution in [2.75, 3.05) is 11.9 Å². The molecule has 8 nitrogen and oxygen atoms in total. The Labute approximate surface area is 171 Å². The molecule has 1 aromatic carbocycles. The Bertz CT molecular complexity index is 889. The van der Waals surface area contributed by atoms with Crippen LogP contribution in [-0.4, -0.2) is 39.2 Å². The van der Waals surface area contributed by atoms with Crippen molar-refractivity contribution >= 4 is 17.5 Å². The molecule has 0 unspecified atom stereocenters. The van der Waals surface area contributed by atoms with E-state index in [1.807, 2.05) is 39.0 Å². The molecule has 0 aliphatic carbocycles. The number of carbonyl (C=O) groups is 2. The van der Waals surface area contributed by atoms with Crippen LogP contribution in [0.1, 0.15) is 44.5 Å². The zero-order chi connectivity index (χ0) is 21.0. The van der Waals surface area contributed by atoms with Gasteiger partial charge in [-0.05, 0) is 37.3 Å². The first kappa shape index (κ1) is 21.0. The number of carbonyl (C=O) groups excluding carboxylic acids is 2. The fourth-order valence-electron chi connectivity index (χ4n) is 3.38. The average molecular weight is 399 g/mol. The number of aryl methyl sites for hydroxylation is 2. The Kier molecular flexibility index (Phi) is 6.64. The van der Waals surface area contributed by atoms with Gasteiger partial charge in [-0.3, -0.25) is 9.59 Å². The molecular formula is C21H30N6O2. The number of hydrogen-bond acceptors (Lipinski definition) is 5. The van der Waals surface area contributed by atoms with Gasteiger partial charge >= 0.3 is 0 Å². The Morgan fingerprint density at radius 3 is 2.76 bits per heavy atom. The number of fused-ring (bicyclic) bond motifs is 1. The zero-order valence-electron chi connectivity index (χ0n) is 17.4. The third-order valence-corrected chi connectivity index (χ3v) is 5.32. The number of anilines is 1. The number of benzene rings is 1. The largest absolute Gasteiger partial charge is 0.346 e. The van der Waals surface area contributed by atoms with E-state index in [0.717, 1.165) is 48.6 Å². The van der Waals surface area contributed by atoms with Gasteiger partial charge in [-0.2, -0.15) is 0 Å². The summed E-state index contributed by atoms with van der Waals surface area (Å²) < 4.78 is 2.18. The first-order chi connectivity index (χ1) is 13.9. The third kappa shape index (κ3) is 5.00. The van der Waals surface area contributed by atoms with E-state index < -0.39 is 6.04 Å². The molecule has 8 heteroatoms. The number of nitrogens with two attached hydrogens (primary N) is 1. The summed E-state index contributed by atoms with van der Waals surface area (Å²) in [6.45, 7) is 6.45. The van der Waals surface area contributed by atoms with Crippen molar-refractivity contribution in [2.24, 2.45) is 11.7 Å². The summed E-state index contributed by atoms with van der Waals surface area (Å²) in [4.78, 5) is 24.3. The summed E-state index contributed by atoms with van der Waals surface area (Å²) in [5.41, 5.74) is 8.35. The summed E-state index contributed by atoms with van der Waals surface area (Å²) in [6, 6.07) is 5.24. The summed E-state index contributed by atoms with van der Waals surface area (Å²) in [5, 5.41) is 14.2. The van der Waals surface area contributed by atoms with Gasteiger partial charge in [-0.15, -0.1) is 10.2 Å². The molecular weight excluding hydrogens is 368 g/mol. The lowest BCUT2D eigenvalue weighted by Gasteiger charge is -2.16. The molecule has 0 saturated heterocycles. The lowest BCUT2D eigenvalue weighted by Crippen LogP contribution is -2.46. The maximum Gasteiger partial charge on any atom is 0.243 e. The van der Waals surface area contributed by atoms with Gasteiger partial charge in [0.1, 0.15) is 5.82 Å². The molecule has 0 saturated carbocycles. The van der Waals surface area contributed by atoms with E-state index in [-0.39, 0.29) is 24.3 Å². The predicted molar refractivity (Wildman–Crippen MR) is 112 cm³/mol. The van der Waals surface area contributed by atoms with E-state index in [1.54, 1.807) is 0 Å². The zero-order valence-corrected chi connectivity index (χ0v) is 17.4. The van der Waals surface area contributed by atoms with Crippen LogP contribution in [0.4, 0.5) is 5.69 Å². The van der Waals surface area contributed by atoms with E-state index in [1.165, 1.54) is 6.42 Å². The molecule has 1 aliphatic rings. The van der Waals surface area contributed by atoms with Gasteiger partial charge < -0.3 is 20.9 Å². The van der Waals surface area contributed by atoms with Crippen molar-refractivity contribution in [1.29, 1.82) is 0 Å². The van der Waals surface area contributed by atoms with Gasteiger partial charge in [-0.25, -0.2) is 0 Å². The molecule has 4 N–H and O–H groups in total. The standard InChI is InChI=1S/C21H30N6O2/c1-13(2)19(22)21(29)23-12-18(28)24-16-11-15(9-8-14(16)3)20-26-25-17-7-5-4-6-10-27(17)20/h8-9,11,13,19H,4-7,10,12,22H2,1-3H3,(H,23,29)(H,24,28)/t19-/m0/s1. The first-order valence-electron chi connectivity index (χ1n) is 10.2. The van der Waals surface area contributed by atoms with Crippen molar-refractivity contribution in [1.82, 2.24) is 20.1 Å². The number of nitrogens with zero attached hydrogens (tertiary/aromatic N) is 3. The van der Waals surface area contributed by atoms with Crippen LogP contribution in [0.15, 0.2) is 18.2 Å². The maximum atomic E-state index is 12.3. The Morgan fingerprint density at radius 2 is 2.00 bits per heavy atom. The first-order valence-corrected chi connectivity index (χ1v) is 10.2. The van der Waals surface area contributed by atoms with Crippen LogP contribution < -0.4 is 16.4 Å². The number of nitrogens with one attached hydrogen (secondary N) is 2. The van der Waals surface area contributed by atoms with Crippen LogP contribution in [-0.2, 0) is 22.6 Å². The lowest BCUT2D eigenvalue weighted by atomic mass is 10.1. The van der Waals surface area contributed by atoms with Crippen LogP contribution in [0.25, 0.3) is 11.4 Å². The van der Waals surface area contributed by atoms with Gasteiger partial charge in [0.25, 0.3) is 0 Å². The minimum Gasteiger partial charge on any atom is -0.346 e. The van der Waals surface area contributed by atoms with Gasteiger partial charge in [0.15, 0.2) is 5.82 Å². The second-order valence-electron chi connectivity index (χ2n) is 7.97. The average Bonchev–Trinajstić information content (AvgIpc) is 2.95. The Morgan fingerprint density at radius 1 is 1.21 bits per heavy atom. The fourth-order valence-corrected chi connectivity index (χ4v) is 3.38. The highest BCUT2D eigenvalue weighted by atomic mass is 16.2. The number of hydrogen-bond donors (Lipinski definition) is 3. The maximum absolute atomic E-state index is 12.3. The van der Waals surface area contributed by atoms with Crippen molar-refractivity contribution in [3.8, 4) is 11.4 Å². The van der Waals surface area contributed by atoms with Crippen molar-refractivity contribution in [3.63, 3.8) is 0 Å². The van der Waals surface area contributed by atoms with E-state index in [9.17, 15) is 9.59 Å². The SMILES string of the molecule is Cc1ccc(-c2nnc3n2CCCCC3)cc1NC(=O)CNC(=O)[C@@H](N)C(C)C. The van der Waals surface area contributed by atoms with E-state index in [0.29, 0.717) is 5.69 Å². The van der Waals surface area contributed by atoms with Gasteiger partial charge in [0, 0.05) is 24.2 Å². The summed E-state index contributed by atoms with van der Waals surface area (Å²) in [7, 11) is 0. The molecule has 156 valence electrons. The molecule has 29 heavy (non-hydrogen) atoms. The van der Waals surface area contributed by atoms with Gasteiger partial charge in [-0.1, -0.05) is 32.4 Å². The molecule has 2 amide bonds. The second kappa shape index (κ2) is 9.17. The van der Waals surface area contributed by atoms with Crippen LogP contribution in [0, 0.1) is 12.8 Å². The highest BCUT2D eigenvalue weighted by molar-refractivity contribution is 5.96. The second-order valence-corrected chi connectivity index (χ2v) is 7.97. The quantitative estimate of drug-likeness (QED) is 0.689. The minimum atomic E-state index is -0.629. The molecule has 2 heterocycles. The molecule has 1 atom stereocenters. The van der Waals surface area contributed by atoms with E-state index in [2.05, 4.69) is 25.4 Å². The highest BCUT2D eigenvalue weighted by Gasteiger charge is 2.19. The molecule has 2 aromatic rings. The number of amides is 2. The minimum absolute atomic E-state index is 0.00951. The van der Waals surface area contributed by atoms with Crippen LogP contribution in [0.5, 0.6) is 0 Å². The molecule has 0 radical (unpaired) electrons. The topological polar surface area (TPSA) is 115 Å². The highest BCUT2D eigenvalue weighted by Crippen LogP contribution is 2.26. The Hall–Kier alpha value is -2.74. The van der Waals surface area contributed by atoms with Crippen LogP contribution >= 0.6 is 0 Å². The van der Waals surface area contributed by atoms with E-state index in [4.69, 9.17) is 5.73 Å². The monoisotopic (exact) mass is 398 g/mol. The molecule has 0 spiro atoms. The van der Waals surface area contributed by atoms with Crippen molar-refractivity contribution in [3.05, 3.63) is 29.6 Å². The number of aromatic nitrogens is 3. The summed E-state index contributed by atoms with van der Waals surface area (Å²) in [5.74, 6) is 1.23. The molecule has 0 bridgehead atoms. The Balaban J connectivity index is 1.71. The van der Waals surface area contributed by atoms with Gasteiger partial charge in [0.2, 0.25) is 11.8 Å². The fraction of sp³-hybridized carbons (Fsp3) is 0.524. The normalized spacial score (nSPS) is 14.8. The van der Waals surface area contributed by atoms with Crippen molar-refractivity contribution < 1.29 is 9.59 Å². The van der Waals surface area contributed by atoms with Crippen LogP contribution in [0.3, 0.4) is 0 Å². The summed E-state index contributed by atoms with van der Waals surface area (Å²) >= 11 is 0. The van der Waals surface area contributed by atoms with Crippen molar-refractivity contribution in [2.45, 2.75) is 59.0 Å². The smallest absolute Gasteiger partial charge is 0.243 e. The number of rotatable bonds is 6. The predicted octanol–water partition coefficient (Wildman–Crippen LogP) is 2.02. The summed E-state index contributed by atoms with van der Waals surface area (Å²) in [6.07, 6.45) is 4.40. The van der Waals surface area contributed by atoms with Crippen LogP contribution in [0.2, 0.25) is 0 Å². The molecule has 0 fully saturated rings. The van der Waals surface area contributed by atoms with Gasteiger partial charge in [0.05, 0.1) is 12.6 Å². The molecule has 1 aliphatic heterocycles. The lowest BCUT2D eigenvalue weighted by molar-refractivity contribution is -0.125. The molecule has 1 aromatic heterocycles. The van der Waals surface area contributed by atoms with E-state index >= 15 is 0 Å². The third-order valence-electron chi connectivity index (χ3n) is 5.32.